The van der Waals surface area contributed by atoms with Gasteiger partial charge in [-0.2, -0.15) is 0 Å². The van der Waals surface area contributed by atoms with E-state index < -0.39 is 11.5 Å². The summed E-state index contributed by atoms with van der Waals surface area (Å²) in [6.07, 6.45) is 2.91. The van der Waals surface area contributed by atoms with Crippen LogP contribution in [0, 0.1) is 12.3 Å². The summed E-state index contributed by atoms with van der Waals surface area (Å²) in [6.45, 7) is 6.13. The van der Waals surface area contributed by atoms with Gasteiger partial charge in [-0.25, -0.2) is 4.79 Å². The van der Waals surface area contributed by atoms with E-state index >= 15 is 0 Å². The number of hydrogen-bond acceptors (Lipinski definition) is 8. The van der Waals surface area contributed by atoms with Crippen LogP contribution < -0.4 is 14.2 Å². The lowest BCUT2D eigenvalue weighted by molar-refractivity contribution is -0.133. The van der Waals surface area contributed by atoms with Gasteiger partial charge in [-0.15, -0.1) is 0 Å². The first-order valence-corrected chi connectivity index (χ1v) is 15.7. The number of ketones is 2. The Bertz CT molecular complexity index is 1760. The minimum atomic E-state index is -0.860. The monoisotopic (exact) mass is 621 g/mol. The molecule has 2 aliphatic rings. The van der Waals surface area contributed by atoms with E-state index in [0.29, 0.717) is 47.5 Å². The van der Waals surface area contributed by atoms with E-state index in [2.05, 4.69) is 9.88 Å². The molecule has 0 radical (unpaired) electrons. The number of fused-ring (bicyclic) bond motifs is 1. The smallest absolute Gasteiger partial charge is 0.415 e. The maximum Gasteiger partial charge on any atom is 0.415 e. The maximum atomic E-state index is 13.3. The maximum absolute atomic E-state index is 13.3. The zero-order chi connectivity index (χ0) is 32.4. The van der Waals surface area contributed by atoms with Crippen molar-refractivity contribution in [1.29, 1.82) is 0 Å². The summed E-state index contributed by atoms with van der Waals surface area (Å²) in [7, 11) is 3.56. The van der Waals surface area contributed by atoms with Crippen molar-refractivity contribution in [3.63, 3.8) is 0 Å². The van der Waals surface area contributed by atoms with Gasteiger partial charge in [0.05, 0.1) is 18.0 Å². The highest BCUT2D eigenvalue weighted by Crippen LogP contribution is 2.49. The third-order valence-corrected chi connectivity index (χ3v) is 9.07. The van der Waals surface area contributed by atoms with Gasteiger partial charge in [0.1, 0.15) is 11.5 Å². The van der Waals surface area contributed by atoms with Crippen LogP contribution in [-0.4, -0.2) is 72.3 Å². The molecule has 0 spiro atoms. The van der Waals surface area contributed by atoms with Crippen molar-refractivity contribution in [2.24, 2.45) is 5.41 Å². The van der Waals surface area contributed by atoms with E-state index in [1.54, 1.807) is 29.3 Å². The van der Waals surface area contributed by atoms with Gasteiger partial charge in [0.15, 0.2) is 23.1 Å². The Kier molecular flexibility index (Phi) is 8.77. The SMILES string of the molecule is COc1cc2nccc(Oc3ccc(CC(=O)C4(C(=O)Cc5ccc(C)cc5)CC4)cc3)c2cc1OC(=O)N1CCN(C)C[C@H]1C. The first kappa shape index (κ1) is 31.2. The van der Waals surface area contributed by atoms with Gasteiger partial charge in [-0.1, -0.05) is 42.0 Å². The van der Waals surface area contributed by atoms with Crippen LogP contribution in [0.5, 0.6) is 23.0 Å². The molecule has 1 aliphatic heterocycles. The van der Waals surface area contributed by atoms with Crippen LogP contribution in [0.2, 0.25) is 0 Å². The zero-order valence-electron chi connectivity index (χ0n) is 26.7. The third-order valence-electron chi connectivity index (χ3n) is 9.07. The number of aryl methyl sites for hydroxylation is 1. The number of piperazine rings is 1. The summed E-state index contributed by atoms with van der Waals surface area (Å²) in [5, 5.41) is 0.652. The number of rotatable bonds is 10. The Morgan fingerprint density at radius 1 is 0.870 bits per heavy atom. The highest BCUT2D eigenvalue weighted by Gasteiger charge is 2.54. The molecular formula is C37H39N3O6. The van der Waals surface area contributed by atoms with Crippen LogP contribution in [0.4, 0.5) is 4.79 Å². The quantitative estimate of drug-likeness (QED) is 0.194. The molecule has 6 rings (SSSR count). The largest absolute Gasteiger partial charge is 0.493 e. The fourth-order valence-electron chi connectivity index (χ4n) is 6.08. The molecule has 238 valence electrons. The Morgan fingerprint density at radius 2 is 1.52 bits per heavy atom. The summed E-state index contributed by atoms with van der Waals surface area (Å²) >= 11 is 0. The van der Waals surface area contributed by atoms with Crippen molar-refractivity contribution in [1.82, 2.24) is 14.8 Å². The number of nitrogens with zero attached hydrogens (tertiary/aromatic N) is 3. The minimum Gasteiger partial charge on any atom is -0.493 e. The highest BCUT2D eigenvalue weighted by atomic mass is 16.6. The summed E-state index contributed by atoms with van der Waals surface area (Å²) in [5.74, 6) is 1.75. The average Bonchev–Trinajstić information content (AvgIpc) is 3.86. The van der Waals surface area contributed by atoms with Crippen LogP contribution >= 0.6 is 0 Å². The van der Waals surface area contributed by atoms with E-state index in [1.807, 2.05) is 69.4 Å². The van der Waals surface area contributed by atoms with Gasteiger partial charge < -0.3 is 24.0 Å². The molecule has 2 fully saturated rings. The van der Waals surface area contributed by atoms with E-state index in [9.17, 15) is 14.4 Å². The standard InChI is InChI=1S/C37H39N3O6/c1-24-5-7-26(8-6-24)19-34(41)37(14-15-37)35(42)20-27-9-11-28(12-10-27)45-31-13-16-38-30-22-32(44-4)33(21-29(30)31)46-36(43)40-18-17-39(3)23-25(40)2/h5-13,16,21-22,25H,14-15,17-20,23H2,1-4H3/t25-/m1/s1. The molecule has 4 aromatic rings. The molecule has 0 bridgehead atoms. The number of Topliss-reactive ketones (excluding diaryl/α,β-unsaturated/α-hetero) is 2. The first-order valence-electron chi connectivity index (χ1n) is 15.7. The molecular weight excluding hydrogens is 582 g/mol. The Morgan fingerprint density at radius 3 is 2.13 bits per heavy atom. The second kappa shape index (κ2) is 12.9. The van der Waals surface area contributed by atoms with E-state index in [4.69, 9.17) is 14.2 Å². The zero-order valence-corrected chi connectivity index (χ0v) is 26.7. The fourth-order valence-corrected chi connectivity index (χ4v) is 6.08. The number of likely N-dealkylation sites (N-methyl/N-ethyl adjacent to an activating group) is 1. The number of carbonyl (C=O) groups is 3. The summed E-state index contributed by atoms with van der Waals surface area (Å²) < 4.78 is 17.6. The van der Waals surface area contributed by atoms with Crippen molar-refractivity contribution < 1.29 is 28.6 Å². The molecule has 46 heavy (non-hydrogen) atoms. The summed E-state index contributed by atoms with van der Waals surface area (Å²) in [4.78, 5) is 47.9. The Balaban J connectivity index is 1.14. The van der Waals surface area contributed by atoms with Gasteiger partial charge in [-0.05, 0) is 69.1 Å². The normalized spacial score (nSPS) is 17.4. The number of hydrogen-bond donors (Lipinski definition) is 0. The summed E-state index contributed by atoms with van der Waals surface area (Å²) in [5.41, 5.74) is 2.66. The molecule has 1 amide bonds. The van der Waals surface area contributed by atoms with Crippen molar-refractivity contribution in [2.45, 2.75) is 45.6 Å². The highest BCUT2D eigenvalue weighted by molar-refractivity contribution is 6.11. The molecule has 1 atom stereocenters. The first-order chi connectivity index (χ1) is 22.1. The van der Waals surface area contributed by atoms with E-state index in [-0.39, 0.29) is 36.2 Å². The van der Waals surface area contributed by atoms with Gasteiger partial charge >= 0.3 is 6.09 Å². The molecule has 1 saturated heterocycles. The second-order valence-electron chi connectivity index (χ2n) is 12.5. The van der Waals surface area contributed by atoms with Gasteiger partial charge in [0.2, 0.25) is 0 Å². The molecule has 0 unspecified atom stereocenters. The number of aromatic nitrogens is 1. The topological polar surface area (TPSA) is 98.3 Å². The molecule has 1 aromatic heterocycles. The number of benzene rings is 3. The van der Waals surface area contributed by atoms with Crippen LogP contribution in [-0.2, 0) is 22.4 Å². The molecule has 0 N–H and O–H groups in total. The van der Waals surface area contributed by atoms with Gasteiger partial charge in [0.25, 0.3) is 0 Å². The molecule has 9 nitrogen and oxygen atoms in total. The number of pyridine rings is 1. The fraction of sp³-hybridized carbons (Fsp3) is 0.351. The van der Waals surface area contributed by atoms with Crippen LogP contribution in [0.15, 0.2) is 72.9 Å². The lowest BCUT2D eigenvalue weighted by Crippen LogP contribution is -2.53. The lowest BCUT2D eigenvalue weighted by atomic mass is 9.88. The number of amides is 1. The number of methoxy groups -OCH3 is 1. The molecule has 9 heteroatoms. The van der Waals surface area contributed by atoms with Gasteiger partial charge in [-0.3, -0.25) is 14.6 Å². The average molecular weight is 622 g/mol. The lowest BCUT2D eigenvalue weighted by Gasteiger charge is -2.37. The predicted molar refractivity (Wildman–Crippen MR) is 175 cm³/mol. The van der Waals surface area contributed by atoms with Crippen molar-refractivity contribution >= 4 is 28.6 Å². The number of carbonyl (C=O) groups excluding carboxylic acids is 3. The van der Waals surface area contributed by atoms with E-state index in [0.717, 1.165) is 29.8 Å². The van der Waals surface area contributed by atoms with Crippen molar-refractivity contribution in [3.05, 3.63) is 89.6 Å². The minimum absolute atomic E-state index is 0.00518. The van der Waals surface area contributed by atoms with Crippen molar-refractivity contribution in [2.75, 3.05) is 33.8 Å². The third kappa shape index (κ3) is 6.60. The Labute approximate surface area is 269 Å². The number of ether oxygens (including phenoxy) is 3. The van der Waals surface area contributed by atoms with E-state index in [1.165, 1.54) is 7.11 Å². The molecule has 1 aliphatic carbocycles. The molecule has 3 aromatic carbocycles. The van der Waals surface area contributed by atoms with Crippen molar-refractivity contribution in [3.8, 4) is 23.0 Å². The molecule has 2 heterocycles. The summed E-state index contributed by atoms with van der Waals surface area (Å²) in [6, 6.07) is 20.4. The van der Waals surface area contributed by atoms with Crippen LogP contribution in [0.3, 0.4) is 0 Å². The Hall–Kier alpha value is -4.76. The second-order valence-corrected chi connectivity index (χ2v) is 12.5. The van der Waals surface area contributed by atoms with Gasteiger partial charge in [0, 0.05) is 56.2 Å². The van der Waals surface area contributed by atoms with Crippen LogP contribution in [0.25, 0.3) is 10.9 Å². The molecule has 1 saturated carbocycles. The van der Waals surface area contributed by atoms with Crippen LogP contribution in [0.1, 0.15) is 36.5 Å². The predicted octanol–water partition coefficient (Wildman–Crippen LogP) is 6.18.